The average molecular weight is 571 g/mol. The van der Waals surface area contributed by atoms with E-state index >= 15 is 0 Å². The van der Waals surface area contributed by atoms with Crippen LogP contribution in [-0.2, 0) is 27.9 Å². The molecular weight excluding hydrogens is 547 g/mol. The number of nitrogens with one attached hydrogen (secondary N) is 1. The first-order valence-electron chi connectivity index (χ1n) is 10.8. The van der Waals surface area contributed by atoms with E-state index in [0.717, 1.165) is 22.5 Å². The van der Waals surface area contributed by atoms with E-state index in [-0.39, 0.29) is 46.1 Å². The third kappa shape index (κ3) is 6.85. The summed E-state index contributed by atoms with van der Waals surface area (Å²) in [6.07, 6.45) is 0. The van der Waals surface area contributed by atoms with Gasteiger partial charge < -0.3 is 20.0 Å². The van der Waals surface area contributed by atoms with Crippen molar-refractivity contribution in [2.75, 3.05) is 11.8 Å². The van der Waals surface area contributed by atoms with Gasteiger partial charge in [0.25, 0.3) is 10.0 Å². The number of methoxy groups -OCH3 is 1. The Balaban J connectivity index is 0.00000380. The van der Waals surface area contributed by atoms with Crippen LogP contribution in [0.15, 0.2) is 58.8 Å². The molecule has 0 bridgehead atoms. The molecule has 2 aromatic heterocycles. The molecule has 190 valence electrons. The van der Waals surface area contributed by atoms with Crippen molar-refractivity contribution in [2.45, 2.75) is 36.7 Å². The summed E-state index contributed by atoms with van der Waals surface area (Å²) in [4.78, 5) is 11.9. The molecule has 9 nitrogen and oxygen atoms in total. The zero-order valence-electron chi connectivity index (χ0n) is 20.7. The van der Waals surface area contributed by atoms with Gasteiger partial charge in [-0.1, -0.05) is 47.5 Å². The van der Waals surface area contributed by atoms with E-state index in [1.807, 2.05) is 30.3 Å². The zero-order chi connectivity index (χ0) is 26.1. The molecule has 2 aromatic carbocycles. The van der Waals surface area contributed by atoms with Crippen LogP contribution in [0.2, 0.25) is 4.34 Å². The molecule has 0 radical (unpaired) electrons. The number of fused-ring (bicyclic) bond motifs is 1. The number of aliphatic hydroxyl groups is 1. The minimum atomic E-state index is -3.91. The SMILES string of the molecule is COc1cccc2c1c(NS(=O)(=O)c1ccc(Cl)s1)nn2Cc1cccc(C[N-]C(=O)C(C)(C)O)c1.[Na+]. The first-order valence-corrected chi connectivity index (χ1v) is 13.5. The number of benzene rings is 2. The molecule has 0 saturated heterocycles. The number of thiophene rings is 1. The van der Waals surface area contributed by atoms with E-state index in [0.29, 0.717) is 27.5 Å². The molecule has 1 amide bonds. The molecule has 4 rings (SSSR count). The van der Waals surface area contributed by atoms with E-state index < -0.39 is 21.5 Å². The van der Waals surface area contributed by atoms with Crippen molar-refractivity contribution in [3.63, 3.8) is 0 Å². The van der Waals surface area contributed by atoms with E-state index in [2.05, 4.69) is 15.1 Å². The molecule has 0 aliphatic rings. The molecule has 0 aliphatic carbocycles. The van der Waals surface area contributed by atoms with Crippen molar-refractivity contribution in [2.24, 2.45) is 0 Å². The molecule has 0 unspecified atom stereocenters. The molecule has 0 spiro atoms. The molecule has 2 N–H and O–H groups in total. The van der Waals surface area contributed by atoms with Gasteiger partial charge in [-0.15, -0.1) is 17.9 Å². The number of ether oxygens (including phenoxy) is 1. The Bertz CT molecular complexity index is 1530. The van der Waals surface area contributed by atoms with Gasteiger partial charge in [0.2, 0.25) is 0 Å². The van der Waals surface area contributed by atoms with Crippen molar-refractivity contribution < 1.29 is 52.6 Å². The number of hydrogen-bond donors (Lipinski definition) is 2. The number of nitrogens with zero attached hydrogens (tertiary/aromatic N) is 3. The molecule has 0 atom stereocenters. The largest absolute Gasteiger partial charge is 1.00 e. The summed E-state index contributed by atoms with van der Waals surface area (Å²) in [5, 5.41) is 18.8. The van der Waals surface area contributed by atoms with E-state index in [1.165, 1.54) is 33.1 Å². The van der Waals surface area contributed by atoms with Gasteiger partial charge in [-0.3, -0.25) is 9.40 Å². The van der Waals surface area contributed by atoms with Gasteiger partial charge in [-0.25, -0.2) is 8.42 Å². The summed E-state index contributed by atoms with van der Waals surface area (Å²) in [7, 11) is -2.41. The summed E-state index contributed by atoms with van der Waals surface area (Å²) >= 11 is 6.88. The summed E-state index contributed by atoms with van der Waals surface area (Å²) in [5.74, 6) is 0.00858. The fourth-order valence-corrected chi connectivity index (χ4v) is 6.03. The smallest absolute Gasteiger partial charge is 0.647 e. The molecule has 0 saturated carbocycles. The van der Waals surface area contributed by atoms with Gasteiger partial charge in [0.05, 0.1) is 34.8 Å². The van der Waals surface area contributed by atoms with Crippen molar-refractivity contribution in [3.05, 3.63) is 75.4 Å². The minimum absolute atomic E-state index is 0. The van der Waals surface area contributed by atoms with Crippen LogP contribution < -0.4 is 39.0 Å². The number of aromatic nitrogens is 2. The number of amides is 1. The Morgan fingerprint density at radius 3 is 2.54 bits per heavy atom. The van der Waals surface area contributed by atoms with Crippen molar-refractivity contribution >= 4 is 55.6 Å². The van der Waals surface area contributed by atoms with Crippen LogP contribution >= 0.6 is 22.9 Å². The third-order valence-electron chi connectivity index (χ3n) is 5.26. The second-order valence-corrected chi connectivity index (χ2v) is 12.1. The first-order chi connectivity index (χ1) is 17.0. The van der Waals surface area contributed by atoms with E-state index in [9.17, 15) is 18.3 Å². The maximum Gasteiger partial charge on any atom is 1.00 e. The van der Waals surface area contributed by atoms with Gasteiger partial charge in [0.1, 0.15) is 15.6 Å². The van der Waals surface area contributed by atoms with Crippen LogP contribution in [0.3, 0.4) is 0 Å². The van der Waals surface area contributed by atoms with E-state index in [4.69, 9.17) is 16.3 Å². The predicted molar refractivity (Wildman–Crippen MR) is 140 cm³/mol. The number of halogens is 1. The normalized spacial score (nSPS) is 11.7. The number of carbonyl (C=O) groups is 1. The third-order valence-corrected chi connectivity index (χ3v) is 8.32. The van der Waals surface area contributed by atoms with Crippen LogP contribution in [0.4, 0.5) is 5.82 Å². The van der Waals surface area contributed by atoms with Crippen LogP contribution in [-0.4, -0.2) is 41.9 Å². The molecular formula is C24H24ClN4NaO5S2. The van der Waals surface area contributed by atoms with Crippen molar-refractivity contribution in [1.29, 1.82) is 0 Å². The Morgan fingerprint density at radius 1 is 1.19 bits per heavy atom. The number of anilines is 1. The quantitative estimate of drug-likeness (QED) is 0.296. The molecule has 13 heteroatoms. The first kappa shape index (κ1) is 29.4. The summed E-state index contributed by atoms with van der Waals surface area (Å²) in [5.41, 5.74) is 0.798. The number of carbonyl (C=O) groups excluding carboxylic acids is 1. The maximum atomic E-state index is 13.0. The molecule has 0 fully saturated rings. The topological polar surface area (TPSA) is 125 Å². The van der Waals surface area contributed by atoms with Gasteiger partial charge in [-0.05, 0) is 43.7 Å². The van der Waals surface area contributed by atoms with Crippen molar-refractivity contribution in [1.82, 2.24) is 9.78 Å². The van der Waals surface area contributed by atoms with Crippen LogP contribution in [0.25, 0.3) is 16.2 Å². The second-order valence-electron chi connectivity index (χ2n) is 8.53. The number of sulfonamides is 1. The Labute approximate surface area is 246 Å². The summed E-state index contributed by atoms with van der Waals surface area (Å²) in [6.45, 7) is 3.23. The summed E-state index contributed by atoms with van der Waals surface area (Å²) in [6, 6.07) is 15.8. The molecule has 2 heterocycles. The fourth-order valence-electron chi connectivity index (χ4n) is 3.53. The van der Waals surface area contributed by atoms with E-state index in [1.54, 1.807) is 16.8 Å². The standard InChI is InChI=1S/C24H25ClN4O5S2.Na/c1-24(2,31)23(30)26-13-15-6-4-7-16(12-15)14-29-17-8-5-9-18(34-3)21(17)22(27-29)28-36(32,33)20-11-10-19(25)35-20;/h4-12,31H,13-14H2,1-3H3,(H2,26,27,28,30);/q;+1/p-1. The van der Waals surface area contributed by atoms with Gasteiger partial charge in [0.15, 0.2) is 5.82 Å². The predicted octanol–water partition coefficient (Wildman–Crippen LogP) is 1.78. The average Bonchev–Trinajstić information content (AvgIpc) is 3.41. The van der Waals surface area contributed by atoms with Crippen LogP contribution in [0.1, 0.15) is 25.0 Å². The molecule has 4 aromatic rings. The number of rotatable bonds is 9. The van der Waals surface area contributed by atoms with Crippen LogP contribution in [0.5, 0.6) is 5.75 Å². The number of hydrogen-bond acceptors (Lipinski definition) is 7. The second kappa shape index (κ2) is 11.7. The fraction of sp³-hybridized carbons (Fsp3) is 0.250. The van der Waals surface area contributed by atoms with Gasteiger partial charge >= 0.3 is 29.6 Å². The van der Waals surface area contributed by atoms with Crippen molar-refractivity contribution in [3.8, 4) is 5.75 Å². The van der Waals surface area contributed by atoms with Gasteiger partial charge in [-0.2, -0.15) is 5.10 Å². The Morgan fingerprint density at radius 2 is 1.89 bits per heavy atom. The molecule has 0 aliphatic heterocycles. The Kier molecular flexibility index (Phi) is 9.33. The monoisotopic (exact) mass is 570 g/mol. The minimum Gasteiger partial charge on any atom is -0.647 e. The van der Waals surface area contributed by atoms with Crippen LogP contribution in [0, 0.1) is 0 Å². The van der Waals surface area contributed by atoms with Gasteiger partial charge in [0, 0.05) is 0 Å². The molecule has 37 heavy (non-hydrogen) atoms. The maximum absolute atomic E-state index is 13.0. The zero-order valence-corrected chi connectivity index (χ0v) is 25.1. The summed E-state index contributed by atoms with van der Waals surface area (Å²) < 4.78 is 36.1. The Hall–Kier alpha value is -2.12.